The smallest absolute Gasteiger partial charge is 0.241 e. The molecule has 3 rings (SSSR count). The molecule has 0 spiro atoms. The van der Waals surface area contributed by atoms with Crippen LogP contribution in [0, 0.1) is 0 Å². The molecule has 1 saturated heterocycles. The number of hydrogen-bond donors (Lipinski definition) is 3. The minimum atomic E-state index is -3.71. The van der Waals surface area contributed by atoms with Crippen molar-refractivity contribution in [2.45, 2.75) is 55.8 Å². The van der Waals surface area contributed by atoms with Gasteiger partial charge in [0.25, 0.3) is 0 Å². The van der Waals surface area contributed by atoms with E-state index in [1.807, 2.05) is 0 Å². The third-order valence-electron chi connectivity index (χ3n) is 5.56. The Morgan fingerprint density at radius 2 is 1.93 bits per heavy atom. The third-order valence-corrected chi connectivity index (χ3v) is 6.49. The highest BCUT2D eigenvalue weighted by Gasteiger charge is 2.38. The first-order valence-corrected chi connectivity index (χ1v) is 11.8. The summed E-state index contributed by atoms with van der Waals surface area (Å²) < 4.78 is 22.8. The number of sulfonamides is 1. The molecular formula is C20H32N6O3S. The zero-order chi connectivity index (χ0) is 21.9. The van der Waals surface area contributed by atoms with Gasteiger partial charge in [0.15, 0.2) is 5.96 Å². The lowest BCUT2D eigenvalue weighted by Crippen LogP contribution is -2.47. The summed E-state index contributed by atoms with van der Waals surface area (Å²) in [6, 6.07) is 7.85. The van der Waals surface area contributed by atoms with Crippen LogP contribution < -0.4 is 15.8 Å². The zero-order valence-corrected chi connectivity index (χ0v) is 18.7. The molecule has 2 fully saturated rings. The van der Waals surface area contributed by atoms with E-state index in [2.05, 4.69) is 27.4 Å². The van der Waals surface area contributed by atoms with E-state index in [1.165, 1.54) is 29.9 Å². The van der Waals surface area contributed by atoms with Crippen LogP contribution in [0.25, 0.3) is 0 Å². The fraction of sp³-hybridized carbons (Fsp3) is 0.600. The zero-order valence-electron chi connectivity index (χ0n) is 17.8. The second-order valence-electron chi connectivity index (χ2n) is 8.35. The highest BCUT2D eigenvalue weighted by atomic mass is 32.2. The van der Waals surface area contributed by atoms with Crippen LogP contribution in [0.4, 0.5) is 0 Å². The third kappa shape index (κ3) is 6.16. The van der Waals surface area contributed by atoms with Crippen molar-refractivity contribution in [3.8, 4) is 0 Å². The van der Waals surface area contributed by atoms with E-state index in [9.17, 15) is 13.2 Å². The maximum absolute atomic E-state index is 12.0. The quantitative estimate of drug-likeness (QED) is 0.411. The minimum absolute atomic E-state index is 0.0404. The molecule has 2 unspecified atom stereocenters. The highest BCUT2D eigenvalue weighted by molar-refractivity contribution is 7.89. The predicted molar refractivity (Wildman–Crippen MR) is 116 cm³/mol. The number of likely N-dealkylation sites (tertiary alicyclic amines) is 1. The first-order chi connectivity index (χ1) is 14.1. The molecule has 30 heavy (non-hydrogen) atoms. The van der Waals surface area contributed by atoms with E-state index in [1.54, 1.807) is 26.2 Å². The Balaban J connectivity index is 1.66. The Bertz CT molecular complexity index is 880. The van der Waals surface area contributed by atoms with Crippen LogP contribution in [0.2, 0.25) is 0 Å². The van der Waals surface area contributed by atoms with Gasteiger partial charge in [-0.1, -0.05) is 12.1 Å². The number of benzene rings is 1. The lowest BCUT2D eigenvalue weighted by molar-refractivity contribution is -0.127. The number of likely N-dealkylation sites (N-methyl/N-ethyl adjacent to an activating group) is 1. The molecule has 1 heterocycles. The highest BCUT2D eigenvalue weighted by Crippen LogP contribution is 2.33. The van der Waals surface area contributed by atoms with Crippen LogP contribution >= 0.6 is 0 Å². The van der Waals surface area contributed by atoms with Crippen molar-refractivity contribution in [2.75, 3.05) is 27.2 Å². The van der Waals surface area contributed by atoms with Gasteiger partial charge in [-0.15, -0.1) is 0 Å². The lowest BCUT2D eigenvalue weighted by Gasteiger charge is -2.20. The molecule has 166 valence electrons. The Labute approximate surface area is 178 Å². The molecule has 10 heteroatoms. The number of amides is 1. The van der Waals surface area contributed by atoms with Gasteiger partial charge in [0.1, 0.15) is 0 Å². The SMILES string of the molecule is CC1CC(NC(=NCc2ccc(S(N)(=O)=O)cc2)NCC(=O)N(C)C)CN1C1CC1. The first-order valence-electron chi connectivity index (χ1n) is 10.3. The molecule has 4 N–H and O–H groups in total. The van der Waals surface area contributed by atoms with Gasteiger partial charge in [0, 0.05) is 38.8 Å². The second kappa shape index (κ2) is 9.32. The van der Waals surface area contributed by atoms with Gasteiger partial charge in [-0.05, 0) is 43.9 Å². The summed E-state index contributed by atoms with van der Waals surface area (Å²) in [5, 5.41) is 11.7. The van der Waals surface area contributed by atoms with E-state index in [-0.39, 0.29) is 23.4 Å². The standard InChI is InChI=1S/C20H32N6O3S/c1-14-10-16(13-26(14)17-6-7-17)24-20(23-12-19(27)25(2)3)22-11-15-4-8-18(9-5-15)30(21,28)29/h4-5,8-9,14,16-17H,6-7,10-13H2,1-3H3,(H2,21,28,29)(H2,22,23,24). The summed E-state index contributed by atoms with van der Waals surface area (Å²) in [5.74, 6) is 0.539. The number of rotatable bonds is 7. The maximum atomic E-state index is 12.0. The fourth-order valence-corrected chi connectivity index (χ4v) is 4.21. The molecule has 0 aromatic heterocycles. The fourth-order valence-electron chi connectivity index (χ4n) is 3.69. The number of guanidine groups is 1. The molecule has 1 aliphatic carbocycles. The molecule has 1 aromatic carbocycles. The molecule has 2 aliphatic rings. The van der Waals surface area contributed by atoms with Gasteiger partial charge >= 0.3 is 0 Å². The van der Waals surface area contributed by atoms with Crippen LogP contribution in [0.1, 0.15) is 31.7 Å². The normalized spacial score (nSPS) is 22.7. The van der Waals surface area contributed by atoms with Crippen LogP contribution in [-0.2, 0) is 21.4 Å². The van der Waals surface area contributed by atoms with Gasteiger partial charge in [-0.2, -0.15) is 0 Å². The van der Waals surface area contributed by atoms with Gasteiger partial charge in [-0.3, -0.25) is 9.69 Å². The molecule has 0 radical (unpaired) electrons. The summed E-state index contributed by atoms with van der Waals surface area (Å²) in [6.07, 6.45) is 3.59. The van der Waals surface area contributed by atoms with E-state index in [0.717, 1.165) is 18.5 Å². The second-order valence-corrected chi connectivity index (χ2v) is 9.91. The van der Waals surface area contributed by atoms with E-state index >= 15 is 0 Å². The number of aliphatic imine (C=N–C) groups is 1. The molecule has 2 atom stereocenters. The molecule has 1 aliphatic heterocycles. The molecule has 0 bridgehead atoms. The van der Waals surface area contributed by atoms with Gasteiger partial charge < -0.3 is 15.5 Å². The molecular weight excluding hydrogens is 404 g/mol. The molecule has 1 amide bonds. The van der Waals surface area contributed by atoms with Gasteiger partial charge in [0.2, 0.25) is 15.9 Å². The predicted octanol–water partition coefficient (Wildman–Crippen LogP) is 0.0826. The van der Waals surface area contributed by atoms with Crippen molar-refractivity contribution in [3.63, 3.8) is 0 Å². The number of carbonyl (C=O) groups is 1. The average Bonchev–Trinajstić information content (AvgIpc) is 3.46. The van der Waals surface area contributed by atoms with Gasteiger partial charge in [0.05, 0.1) is 18.0 Å². The summed E-state index contributed by atoms with van der Waals surface area (Å²) in [5.41, 5.74) is 0.849. The van der Waals surface area contributed by atoms with E-state index in [4.69, 9.17) is 5.14 Å². The average molecular weight is 437 g/mol. The van der Waals surface area contributed by atoms with Crippen molar-refractivity contribution >= 4 is 21.9 Å². The summed E-state index contributed by atoms with van der Waals surface area (Å²) in [6.45, 7) is 3.73. The number of carbonyl (C=O) groups excluding carboxylic acids is 1. The number of hydrogen-bond acceptors (Lipinski definition) is 5. The van der Waals surface area contributed by atoms with Crippen LogP contribution in [0.15, 0.2) is 34.2 Å². The van der Waals surface area contributed by atoms with Crippen molar-refractivity contribution in [2.24, 2.45) is 10.1 Å². The van der Waals surface area contributed by atoms with Gasteiger partial charge in [-0.25, -0.2) is 18.5 Å². The number of nitrogens with one attached hydrogen (secondary N) is 2. The summed E-state index contributed by atoms with van der Waals surface area (Å²) >= 11 is 0. The Morgan fingerprint density at radius 3 is 2.50 bits per heavy atom. The number of primary sulfonamides is 1. The molecule has 1 saturated carbocycles. The largest absolute Gasteiger partial charge is 0.352 e. The van der Waals surface area contributed by atoms with E-state index < -0.39 is 10.0 Å². The van der Waals surface area contributed by atoms with Crippen molar-refractivity contribution in [1.29, 1.82) is 0 Å². The van der Waals surface area contributed by atoms with E-state index in [0.29, 0.717) is 24.6 Å². The maximum Gasteiger partial charge on any atom is 0.241 e. The van der Waals surface area contributed by atoms with Crippen LogP contribution in [-0.4, -0.2) is 75.4 Å². The van der Waals surface area contributed by atoms with Crippen molar-refractivity contribution in [1.82, 2.24) is 20.4 Å². The molecule has 9 nitrogen and oxygen atoms in total. The van der Waals surface area contributed by atoms with Crippen LogP contribution in [0.3, 0.4) is 0 Å². The monoisotopic (exact) mass is 436 g/mol. The van der Waals surface area contributed by atoms with Crippen molar-refractivity contribution < 1.29 is 13.2 Å². The van der Waals surface area contributed by atoms with Crippen LogP contribution in [0.5, 0.6) is 0 Å². The topological polar surface area (TPSA) is 120 Å². The summed E-state index contributed by atoms with van der Waals surface area (Å²) in [4.78, 5) is 20.8. The number of nitrogens with two attached hydrogens (primary N) is 1. The minimum Gasteiger partial charge on any atom is -0.352 e. The first kappa shape index (κ1) is 22.5. The molecule has 1 aromatic rings. The lowest BCUT2D eigenvalue weighted by atomic mass is 10.2. The van der Waals surface area contributed by atoms with Crippen molar-refractivity contribution in [3.05, 3.63) is 29.8 Å². The number of nitrogens with zero attached hydrogens (tertiary/aromatic N) is 3. The summed E-state index contributed by atoms with van der Waals surface area (Å²) in [7, 11) is -0.281. The Hall–Kier alpha value is -2.17. The Kier molecular flexibility index (Phi) is 6.99. The Morgan fingerprint density at radius 1 is 1.27 bits per heavy atom.